The van der Waals surface area contributed by atoms with Crippen LogP contribution in [0.5, 0.6) is 11.5 Å². The molecule has 0 atom stereocenters. The minimum Gasteiger partial charge on any atom is -0.497 e. The molecule has 1 fully saturated rings. The summed E-state index contributed by atoms with van der Waals surface area (Å²) in [6.07, 6.45) is 6.08. The maximum Gasteiger partial charge on any atom is 0.289 e. The summed E-state index contributed by atoms with van der Waals surface area (Å²) in [4.78, 5) is 23.1. The second-order valence-corrected chi connectivity index (χ2v) is 11.5. The number of sulfonamides is 1. The van der Waals surface area contributed by atoms with Crippen LogP contribution < -0.4 is 19.1 Å². The van der Waals surface area contributed by atoms with Crippen LogP contribution in [0.15, 0.2) is 47.4 Å². The van der Waals surface area contributed by atoms with Crippen molar-refractivity contribution in [3.63, 3.8) is 0 Å². The monoisotopic (exact) mass is 537 g/mol. The Balaban J connectivity index is 1.86. The Bertz CT molecular complexity index is 1170. The predicted octanol–water partition coefficient (Wildman–Crippen LogP) is 3.99. The summed E-state index contributed by atoms with van der Waals surface area (Å²) in [5.74, 6) is 0.748. The molecule has 10 nitrogen and oxygen atoms in total. The van der Waals surface area contributed by atoms with E-state index in [0.717, 1.165) is 22.2 Å². The fraction of sp³-hybridized carbons (Fsp3) is 0.458. The van der Waals surface area contributed by atoms with Crippen LogP contribution in [-0.4, -0.2) is 57.6 Å². The number of nitrogens with zero attached hydrogens (tertiary/aromatic N) is 2. The quantitative estimate of drug-likeness (QED) is 0.245. The van der Waals surface area contributed by atoms with Crippen molar-refractivity contribution in [2.45, 2.75) is 42.2 Å². The van der Waals surface area contributed by atoms with Crippen LogP contribution in [-0.2, 0) is 14.8 Å². The van der Waals surface area contributed by atoms with E-state index in [0.29, 0.717) is 17.5 Å². The van der Waals surface area contributed by atoms with Crippen molar-refractivity contribution in [2.75, 3.05) is 37.4 Å². The van der Waals surface area contributed by atoms with E-state index < -0.39 is 38.0 Å². The molecule has 1 aliphatic rings. The molecule has 2 aromatic rings. The third-order valence-corrected chi connectivity index (χ3v) is 9.09. The predicted molar refractivity (Wildman–Crippen MR) is 140 cm³/mol. The molecule has 0 radical (unpaired) electrons. The molecular weight excluding hydrogens is 506 g/mol. The molecule has 0 aliphatic heterocycles. The Kier molecular flexibility index (Phi) is 9.82. The van der Waals surface area contributed by atoms with E-state index in [1.165, 1.54) is 76.7 Å². The van der Waals surface area contributed by atoms with Gasteiger partial charge in [-0.3, -0.25) is 19.2 Å². The average Bonchev–Trinajstić information content (AvgIpc) is 2.90. The number of amides is 1. The largest absolute Gasteiger partial charge is 0.497 e. The first-order chi connectivity index (χ1) is 17.3. The van der Waals surface area contributed by atoms with Gasteiger partial charge in [0.05, 0.1) is 24.8 Å². The van der Waals surface area contributed by atoms with Crippen molar-refractivity contribution in [2.24, 2.45) is 0 Å². The molecule has 3 rings (SSSR count). The molecule has 0 saturated heterocycles. The summed E-state index contributed by atoms with van der Waals surface area (Å²) < 4.78 is 38.8. The van der Waals surface area contributed by atoms with Gasteiger partial charge in [0.25, 0.3) is 15.7 Å². The summed E-state index contributed by atoms with van der Waals surface area (Å²) in [6, 6.07) is 9.48. The fourth-order valence-electron chi connectivity index (χ4n) is 4.07. The topological polar surface area (TPSA) is 128 Å². The lowest BCUT2D eigenvalue weighted by atomic mass is 10.0. The first-order valence-corrected chi connectivity index (χ1v) is 14.1. The number of nitro benzene ring substituents is 1. The number of methoxy groups -OCH3 is 2. The number of para-hydroxylation sites is 1. The van der Waals surface area contributed by atoms with Crippen LogP contribution in [0.1, 0.15) is 32.1 Å². The normalized spacial score (nSPS) is 14.2. The van der Waals surface area contributed by atoms with E-state index in [-0.39, 0.29) is 11.4 Å². The number of nitro groups is 1. The van der Waals surface area contributed by atoms with Gasteiger partial charge in [-0.05, 0) is 31.0 Å². The zero-order valence-electron chi connectivity index (χ0n) is 20.3. The minimum atomic E-state index is -4.52. The number of nitrogens with one attached hydrogen (secondary N) is 1. The lowest BCUT2D eigenvalue weighted by Crippen LogP contribution is -2.41. The van der Waals surface area contributed by atoms with Gasteiger partial charge in [0.2, 0.25) is 5.91 Å². The molecule has 36 heavy (non-hydrogen) atoms. The maximum absolute atomic E-state index is 13.7. The second-order valence-electron chi connectivity index (χ2n) is 8.26. The van der Waals surface area contributed by atoms with Crippen molar-refractivity contribution >= 4 is 39.1 Å². The Morgan fingerprint density at radius 3 is 2.53 bits per heavy atom. The Morgan fingerprint density at radius 1 is 1.14 bits per heavy atom. The van der Waals surface area contributed by atoms with Crippen LogP contribution in [0.25, 0.3) is 0 Å². The molecule has 0 bridgehead atoms. The highest BCUT2D eigenvalue weighted by Crippen LogP contribution is 2.37. The summed E-state index contributed by atoms with van der Waals surface area (Å²) in [5, 5.41) is 14.9. The third-order valence-electron chi connectivity index (χ3n) is 5.90. The van der Waals surface area contributed by atoms with Crippen LogP contribution in [0.4, 0.5) is 11.4 Å². The lowest BCUT2D eigenvalue weighted by molar-refractivity contribution is -0.387. The molecular formula is C24H31N3O7S2. The van der Waals surface area contributed by atoms with Gasteiger partial charge >= 0.3 is 0 Å². The maximum atomic E-state index is 13.7. The van der Waals surface area contributed by atoms with Gasteiger partial charge in [0, 0.05) is 29.7 Å². The number of rotatable bonds is 12. The van der Waals surface area contributed by atoms with Crippen LogP contribution in [0.3, 0.4) is 0 Å². The van der Waals surface area contributed by atoms with Crippen molar-refractivity contribution in [1.82, 2.24) is 5.32 Å². The van der Waals surface area contributed by atoms with Crippen molar-refractivity contribution in [1.29, 1.82) is 0 Å². The van der Waals surface area contributed by atoms with Crippen molar-refractivity contribution < 1.29 is 27.6 Å². The first kappa shape index (κ1) is 27.6. The fourth-order valence-corrected chi connectivity index (χ4v) is 6.88. The van der Waals surface area contributed by atoms with E-state index in [4.69, 9.17) is 9.47 Å². The smallest absolute Gasteiger partial charge is 0.289 e. The van der Waals surface area contributed by atoms with E-state index in [1.807, 2.05) is 11.8 Å². The molecule has 1 N–H and O–H groups in total. The number of thioether (sulfide) groups is 1. The number of carbonyl (C=O) groups is 1. The average molecular weight is 538 g/mol. The summed E-state index contributed by atoms with van der Waals surface area (Å²) in [6.45, 7) is -0.190. The lowest BCUT2D eigenvalue weighted by Gasteiger charge is -2.26. The molecule has 1 aliphatic carbocycles. The Labute approximate surface area is 215 Å². The second kappa shape index (κ2) is 12.8. The van der Waals surface area contributed by atoms with E-state index >= 15 is 0 Å². The van der Waals surface area contributed by atoms with Crippen LogP contribution in [0.2, 0.25) is 0 Å². The van der Waals surface area contributed by atoms with Gasteiger partial charge in [-0.25, -0.2) is 8.42 Å². The number of anilines is 1. The molecule has 0 aromatic heterocycles. The number of hydrogen-bond donors (Lipinski definition) is 1. The van der Waals surface area contributed by atoms with Gasteiger partial charge in [-0.1, -0.05) is 31.4 Å². The zero-order chi connectivity index (χ0) is 26.1. The highest BCUT2D eigenvalue weighted by atomic mass is 32.2. The number of carbonyl (C=O) groups excluding carboxylic acids is 1. The number of ether oxygens (including phenoxy) is 2. The molecule has 0 spiro atoms. The summed E-state index contributed by atoms with van der Waals surface area (Å²) in [5.41, 5.74) is -0.526. The molecule has 0 unspecified atom stereocenters. The van der Waals surface area contributed by atoms with Gasteiger partial charge in [0.1, 0.15) is 18.0 Å². The summed E-state index contributed by atoms with van der Waals surface area (Å²) >= 11 is 1.82. The SMILES string of the molecule is COc1ccc(N(CC(=O)NCCSC2CCCCC2)S(=O)(=O)c2ccccc2[N+](=O)[O-])c(OC)c1. The molecule has 1 amide bonds. The van der Waals surface area contributed by atoms with Crippen molar-refractivity contribution in [3.8, 4) is 11.5 Å². The van der Waals surface area contributed by atoms with Gasteiger partial charge in [-0.2, -0.15) is 11.8 Å². The standard InChI is InChI=1S/C24H31N3O7S2/c1-33-18-12-13-20(22(16-18)34-2)26(36(31,32)23-11-7-6-10-21(23)27(29)30)17-24(28)25-14-15-35-19-8-4-3-5-9-19/h6-7,10-13,16,19H,3-5,8-9,14-15,17H2,1-2H3,(H,25,28). The Morgan fingerprint density at radius 2 is 1.86 bits per heavy atom. The summed E-state index contributed by atoms with van der Waals surface area (Å²) in [7, 11) is -1.71. The van der Waals surface area contributed by atoms with Gasteiger partial charge in [-0.15, -0.1) is 0 Å². The molecule has 1 saturated carbocycles. The van der Waals surface area contributed by atoms with Crippen LogP contribution >= 0.6 is 11.8 Å². The van der Waals surface area contributed by atoms with Gasteiger partial charge < -0.3 is 14.8 Å². The zero-order valence-corrected chi connectivity index (χ0v) is 22.0. The molecule has 2 aromatic carbocycles. The van der Waals surface area contributed by atoms with E-state index in [9.17, 15) is 23.3 Å². The van der Waals surface area contributed by atoms with E-state index in [1.54, 1.807) is 0 Å². The number of hydrogen-bond acceptors (Lipinski definition) is 8. The first-order valence-electron chi connectivity index (χ1n) is 11.6. The minimum absolute atomic E-state index is 0.0585. The van der Waals surface area contributed by atoms with Gasteiger partial charge in [0.15, 0.2) is 4.90 Å². The number of benzene rings is 2. The third kappa shape index (κ3) is 6.82. The van der Waals surface area contributed by atoms with Crippen molar-refractivity contribution in [3.05, 3.63) is 52.6 Å². The highest BCUT2D eigenvalue weighted by Gasteiger charge is 2.34. The molecule has 12 heteroatoms. The van der Waals surface area contributed by atoms with Crippen LogP contribution in [0, 0.1) is 10.1 Å². The highest BCUT2D eigenvalue weighted by molar-refractivity contribution is 7.99. The Hall–Kier alpha value is -2.99. The molecule has 196 valence electrons. The van der Waals surface area contributed by atoms with E-state index in [2.05, 4.69) is 5.32 Å². The molecule has 0 heterocycles.